The van der Waals surface area contributed by atoms with Gasteiger partial charge in [-0.15, -0.1) is 0 Å². The van der Waals surface area contributed by atoms with Crippen molar-refractivity contribution in [3.63, 3.8) is 0 Å². The number of ether oxygens (including phenoxy) is 1. The predicted molar refractivity (Wildman–Crippen MR) is 115 cm³/mol. The first-order valence-corrected chi connectivity index (χ1v) is 10.4. The van der Waals surface area contributed by atoms with Gasteiger partial charge >= 0.3 is 5.69 Å². The predicted octanol–water partition coefficient (Wildman–Crippen LogP) is 3.42. The SMILES string of the molecule is O=c1[nH]nc2n1-c1cc(-c3ccccc3)c(-c3ccc([C@H]4C[C@H](O)C4)cc3)nc1OC2. The van der Waals surface area contributed by atoms with Crippen LogP contribution in [0.3, 0.4) is 0 Å². The molecule has 2 N–H and O–H groups in total. The Labute approximate surface area is 178 Å². The molecule has 0 bridgehead atoms. The summed E-state index contributed by atoms with van der Waals surface area (Å²) in [6.07, 6.45) is 1.47. The smallest absolute Gasteiger partial charge is 0.348 e. The minimum Gasteiger partial charge on any atom is -0.468 e. The van der Waals surface area contributed by atoms with Gasteiger partial charge < -0.3 is 9.84 Å². The number of nitrogens with zero attached hydrogens (tertiary/aromatic N) is 3. The van der Waals surface area contributed by atoms with Gasteiger partial charge in [-0.2, -0.15) is 5.10 Å². The molecule has 3 heterocycles. The van der Waals surface area contributed by atoms with Gasteiger partial charge in [0.05, 0.1) is 11.8 Å². The van der Waals surface area contributed by atoms with Crippen LogP contribution in [0.4, 0.5) is 0 Å². The summed E-state index contributed by atoms with van der Waals surface area (Å²) in [5, 5.41) is 16.1. The fraction of sp³-hybridized carbons (Fsp3) is 0.208. The van der Waals surface area contributed by atoms with Crippen LogP contribution in [0, 0.1) is 0 Å². The van der Waals surface area contributed by atoms with E-state index in [2.05, 4.69) is 34.5 Å². The van der Waals surface area contributed by atoms with Gasteiger partial charge in [0.25, 0.3) is 0 Å². The zero-order valence-corrected chi connectivity index (χ0v) is 16.7. The van der Waals surface area contributed by atoms with Crippen molar-refractivity contribution in [2.45, 2.75) is 31.5 Å². The molecule has 7 heteroatoms. The lowest BCUT2D eigenvalue weighted by atomic mass is 9.77. The topological polar surface area (TPSA) is 93.0 Å². The first-order valence-electron chi connectivity index (χ1n) is 10.4. The maximum absolute atomic E-state index is 12.3. The van der Waals surface area contributed by atoms with Gasteiger partial charge in [-0.25, -0.2) is 19.4 Å². The van der Waals surface area contributed by atoms with Crippen LogP contribution in [-0.4, -0.2) is 31.0 Å². The number of benzene rings is 2. The number of pyridine rings is 1. The molecule has 0 amide bonds. The van der Waals surface area contributed by atoms with Crippen LogP contribution in [0.15, 0.2) is 65.5 Å². The third-order valence-corrected chi connectivity index (χ3v) is 6.14. The van der Waals surface area contributed by atoms with Crippen LogP contribution in [0.2, 0.25) is 0 Å². The molecule has 1 saturated carbocycles. The molecule has 2 aromatic heterocycles. The van der Waals surface area contributed by atoms with Crippen LogP contribution in [0.1, 0.15) is 30.1 Å². The number of hydrogen-bond acceptors (Lipinski definition) is 5. The van der Waals surface area contributed by atoms with Crippen molar-refractivity contribution in [3.8, 4) is 34.0 Å². The van der Waals surface area contributed by atoms with Gasteiger partial charge in [0.2, 0.25) is 5.88 Å². The van der Waals surface area contributed by atoms with Crippen LogP contribution in [0.5, 0.6) is 5.88 Å². The fourth-order valence-electron chi connectivity index (χ4n) is 4.39. The van der Waals surface area contributed by atoms with Crippen molar-refractivity contribution in [3.05, 3.63) is 82.5 Å². The van der Waals surface area contributed by atoms with E-state index in [1.54, 1.807) is 0 Å². The van der Waals surface area contributed by atoms with Crippen molar-refractivity contribution < 1.29 is 9.84 Å². The molecule has 2 aliphatic rings. The Morgan fingerprint density at radius 3 is 2.55 bits per heavy atom. The average molecular weight is 412 g/mol. The van der Waals surface area contributed by atoms with Crippen molar-refractivity contribution in [1.82, 2.24) is 19.7 Å². The summed E-state index contributed by atoms with van der Waals surface area (Å²) < 4.78 is 7.36. The summed E-state index contributed by atoms with van der Waals surface area (Å²) in [7, 11) is 0. The molecule has 0 atom stereocenters. The number of aliphatic hydroxyl groups is 1. The van der Waals surface area contributed by atoms with Crippen LogP contribution in [0.25, 0.3) is 28.1 Å². The zero-order valence-electron chi connectivity index (χ0n) is 16.7. The van der Waals surface area contributed by atoms with E-state index in [0.717, 1.165) is 35.2 Å². The summed E-state index contributed by atoms with van der Waals surface area (Å²) in [6, 6.07) is 20.3. The molecule has 7 nitrogen and oxygen atoms in total. The van der Waals surface area contributed by atoms with Gasteiger partial charge in [-0.05, 0) is 36.0 Å². The van der Waals surface area contributed by atoms with Crippen LogP contribution in [-0.2, 0) is 6.61 Å². The van der Waals surface area contributed by atoms with Gasteiger partial charge in [0.15, 0.2) is 12.4 Å². The van der Waals surface area contributed by atoms with E-state index in [1.165, 1.54) is 10.1 Å². The highest BCUT2D eigenvalue weighted by atomic mass is 16.5. The number of fused-ring (bicyclic) bond motifs is 3. The quantitative estimate of drug-likeness (QED) is 0.538. The number of aromatic amines is 1. The molecular weight excluding hydrogens is 392 g/mol. The monoisotopic (exact) mass is 412 g/mol. The molecule has 6 rings (SSSR count). The highest BCUT2D eigenvalue weighted by Gasteiger charge is 2.29. The van der Waals surface area contributed by atoms with Gasteiger partial charge in [0.1, 0.15) is 5.69 Å². The second-order valence-electron chi connectivity index (χ2n) is 8.09. The summed E-state index contributed by atoms with van der Waals surface area (Å²) in [4.78, 5) is 17.2. The Morgan fingerprint density at radius 2 is 1.81 bits per heavy atom. The molecule has 2 aromatic carbocycles. The highest BCUT2D eigenvalue weighted by Crippen LogP contribution is 2.40. The van der Waals surface area contributed by atoms with E-state index in [4.69, 9.17) is 9.72 Å². The minimum absolute atomic E-state index is 0.176. The molecular formula is C24H20N4O3. The number of H-pyrrole nitrogens is 1. The zero-order chi connectivity index (χ0) is 20.9. The first kappa shape index (κ1) is 18.1. The van der Waals surface area contributed by atoms with E-state index >= 15 is 0 Å². The molecule has 31 heavy (non-hydrogen) atoms. The van der Waals surface area contributed by atoms with Crippen molar-refractivity contribution in [2.75, 3.05) is 0 Å². The normalized spacial score (nSPS) is 19.1. The molecule has 0 unspecified atom stereocenters. The number of aromatic nitrogens is 4. The van der Waals surface area contributed by atoms with Crippen LogP contribution >= 0.6 is 0 Å². The number of hydrogen-bond donors (Lipinski definition) is 2. The Morgan fingerprint density at radius 1 is 1.03 bits per heavy atom. The van der Waals surface area contributed by atoms with Gasteiger partial charge in [-0.3, -0.25) is 0 Å². The Balaban J connectivity index is 1.50. The fourth-order valence-corrected chi connectivity index (χ4v) is 4.39. The standard InChI is InChI=1S/C24H20N4O3/c29-18-10-17(11-18)14-6-8-16(9-7-14)22-19(15-4-2-1-3-5-15)12-20-23(25-22)31-13-21-26-27-24(30)28(20)21/h1-9,12,17-18,29H,10-11,13H2,(H,27,30)/t17-,18-. The summed E-state index contributed by atoms with van der Waals surface area (Å²) >= 11 is 0. The maximum atomic E-state index is 12.3. The third-order valence-electron chi connectivity index (χ3n) is 6.14. The van der Waals surface area contributed by atoms with E-state index < -0.39 is 0 Å². The van der Waals surface area contributed by atoms with Crippen LogP contribution < -0.4 is 10.4 Å². The highest BCUT2D eigenvalue weighted by molar-refractivity contribution is 5.83. The van der Waals surface area contributed by atoms with Crippen molar-refractivity contribution in [2.24, 2.45) is 0 Å². The number of rotatable bonds is 3. The first-order chi connectivity index (χ1) is 15.2. The van der Waals surface area contributed by atoms with E-state index in [9.17, 15) is 9.90 Å². The molecule has 1 fully saturated rings. The Kier molecular flexibility index (Phi) is 4.04. The lowest BCUT2D eigenvalue weighted by Crippen LogP contribution is -2.26. The van der Waals surface area contributed by atoms with E-state index in [0.29, 0.717) is 23.3 Å². The minimum atomic E-state index is -0.305. The molecule has 0 spiro atoms. The maximum Gasteiger partial charge on any atom is 0.348 e. The summed E-state index contributed by atoms with van der Waals surface area (Å²) in [5.74, 6) is 1.36. The summed E-state index contributed by atoms with van der Waals surface area (Å²) in [6.45, 7) is 0.186. The lowest BCUT2D eigenvalue weighted by Gasteiger charge is -2.31. The molecule has 0 saturated heterocycles. The second-order valence-corrected chi connectivity index (χ2v) is 8.09. The largest absolute Gasteiger partial charge is 0.468 e. The molecule has 154 valence electrons. The lowest BCUT2D eigenvalue weighted by molar-refractivity contribution is 0.0746. The Bertz CT molecular complexity index is 1320. The Hall–Kier alpha value is -3.71. The second kappa shape index (κ2) is 6.92. The van der Waals surface area contributed by atoms with E-state index in [-0.39, 0.29) is 18.4 Å². The van der Waals surface area contributed by atoms with Gasteiger partial charge in [-0.1, -0.05) is 54.6 Å². The van der Waals surface area contributed by atoms with E-state index in [1.807, 2.05) is 36.4 Å². The number of aliphatic hydroxyl groups excluding tert-OH is 1. The summed E-state index contributed by atoms with van der Waals surface area (Å²) in [5.41, 5.74) is 5.20. The third kappa shape index (κ3) is 2.97. The van der Waals surface area contributed by atoms with Crippen molar-refractivity contribution in [1.29, 1.82) is 0 Å². The molecule has 0 radical (unpaired) electrons. The van der Waals surface area contributed by atoms with Gasteiger partial charge in [0, 0.05) is 11.1 Å². The molecule has 1 aliphatic carbocycles. The van der Waals surface area contributed by atoms with Crippen molar-refractivity contribution >= 4 is 0 Å². The molecule has 4 aromatic rings. The number of nitrogens with one attached hydrogen (secondary N) is 1. The molecule has 1 aliphatic heterocycles. The average Bonchev–Trinajstić information content (AvgIpc) is 3.18.